The highest BCUT2D eigenvalue weighted by Gasteiger charge is 2.34. The van der Waals surface area contributed by atoms with Gasteiger partial charge in [0.25, 0.3) is 5.56 Å². The summed E-state index contributed by atoms with van der Waals surface area (Å²) in [6.07, 6.45) is 5.23. The van der Waals surface area contributed by atoms with Crippen LogP contribution in [0, 0.1) is 11.8 Å². The molecule has 3 atom stereocenters. The van der Waals surface area contributed by atoms with Crippen LogP contribution in [-0.2, 0) is 14.6 Å². The van der Waals surface area contributed by atoms with Crippen molar-refractivity contribution < 1.29 is 23.1 Å². The molecule has 1 aromatic heterocycles. The number of hydrogen-bond acceptors (Lipinski definition) is 5. The fourth-order valence-corrected chi connectivity index (χ4v) is 4.45. The Kier molecular flexibility index (Phi) is 6.12. The Morgan fingerprint density at radius 3 is 2.45 bits per heavy atom. The fourth-order valence-electron chi connectivity index (χ4n) is 3.82. The van der Waals surface area contributed by atoms with Crippen LogP contribution in [0.3, 0.4) is 0 Å². The third-order valence-electron chi connectivity index (χ3n) is 5.51. The lowest BCUT2D eigenvalue weighted by molar-refractivity contribution is -0.144. The molecule has 0 amide bonds. The highest BCUT2D eigenvalue weighted by molar-refractivity contribution is 7.90. The molecular formula is C21H25NO6S. The molecule has 7 nitrogen and oxygen atoms in total. The topological polar surface area (TPSA) is 103 Å². The first-order valence-corrected chi connectivity index (χ1v) is 11.5. The number of aliphatic carboxylic acids is 1. The Hall–Kier alpha value is -2.61. The first kappa shape index (κ1) is 21.1. The van der Waals surface area contributed by atoms with Crippen molar-refractivity contribution in [3.63, 3.8) is 0 Å². The number of sulfone groups is 1. The van der Waals surface area contributed by atoms with Crippen molar-refractivity contribution in [2.75, 3.05) is 6.26 Å². The lowest BCUT2D eigenvalue weighted by Crippen LogP contribution is -2.36. The van der Waals surface area contributed by atoms with E-state index in [-0.39, 0.29) is 28.4 Å². The Balaban J connectivity index is 1.76. The van der Waals surface area contributed by atoms with Gasteiger partial charge < -0.3 is 9.84 Å². The highest BCUT2D eigenvalue weighted by Crippen LogP contribution is 2.34. The summed E-state index contributed by atoms with van der Waals surface area (Å²) in [5.41, 5.74) is 0.268. The largest absolute Gasteiger partial charge is 0.490 e. The van der Waals surface area contributed by atoms with Crippen molar-refractivity contribution in [1.29, 1.82) is 0 Å². The molecule has 3 rings (SSSR count). The minimum Gasteiger partial charge on any atom is -0.490 e. The molecule has 29 heavy (non-hydrogen) atoms. The second-order valence-electron chi connectivity index (χ2n) is 7.51. The molecule has 0 aliphatic heterocycles. The van der Waals surface area contributed by atoms with Gasteiger partial charge in [0, 0.05) is 24.2 Å². The van der Waals surface area contributed by atoms with Crippen molar-refractivity contribution in [2.45, 2.75) is 43.6 Å². The Morgan fingerprint density at radius 1 is 1.21 bits per heavy atom. The minimum absolute atomic E-state index is 0.111. The van der Waals surface area contributed by atoms with Crippen LogP contribution in [0.4, 0.5) is 0 Å². The number of carbonyl (C=O) groups is 1. The maximum absolute atomic E-state index is 12.5. The van der Waals surface area contributed by atoms with Crippen LogP contribution in [0.1, 0.15) is 32.6 Å². The normalized spacial score (nSPS) is 22.2. The van der Waals surface area contributed by atoms with Gasteiger partial charge in [-0.25, -0.2) is 8.42 Å². The van der Waals surface area contributed by atoms with E-state index in [9.17, 15) is 23.1 Å². The summed E-state index contributed by atoms with van der Waals surface area (Å²) in [4.78, 5) is 24.0. The average Bonchev–Trinajstić information content (AvgIpc) is 2.67. The summed E-state index contributed by atoms with van der Waals surface area (Å²) in [7, 11) is -3.30. The number of hydrogen-bond donors (Lipinski definition) is 1. The molecule has 1 heterocycles. The van der Waals surface area contributed by atoms with E-state index in [1.807, 2.05) is 6.92 Å². The van der Waals surface area contributed by atoms with Crippen molar-refractivity contribution in [3.8, 4) is 11.4 Å². The number of benzene rings is 1. The predicted octanol–water partition coefficient (Wildman–Crippen LogP) is 2.90. The molecule has 1 N–H and O–H groups in total. The van der Waals surface area contributed by atoms with Gasteiger partial charge in [0.2, 0.25) is 0 Å². The van der Waals surface area contributed by atoms with Crippen LogP contribution in [0.2, 0.25) is 0 Å². The molecule has 1 aliphatic rings. The molecule has 0 saturated heterocycles. The molecule has 0 spiro atoms. The maximum Gasteiger partial charge on any atom is 0.306 e. The van der Waals surface area contributed by atoms with Crippen LogP contribution in [0.5, 0.6) is 5.75 Å². The molecule has 1 saturated carbocycles. The van der Waals surface area contributed by atoms with Crippen LogP contribution < -0.4 is 10.3 Å². The first-order chi connectivity index (χ1) is 13.7. The van der Waals surface area contributed by atoms with Gasteiger partial charge in [0.1, 0.15) is 11.9 Å². The van der Waals surface area contributed by atoms with Gasteiger partial charge in [-0.05, 0) is 61.9 Å². The first-order valence-electron chi connectivity index (χ1n) is 9.61. The van der Waals surface area contributed by atoms with Crippen LogP contribution in [-0.4, -0.2) is 36.4 Å². The zero-order valence-electron chi connectivity index (χ0n) is 16.4. The summed E-state index contributed by atoms with van der Waals surface area (Å²) >= 11 is 0. The van der Waals surface area contributed by atoms with Gasteiger partial charge in [-0.2, -0.15) is 0 Å². The predicted molar refractivity (Wildman–Crippen MR) is 108 cm³/mol. The average molecular weight is 419 g/mol. The quantitative estimate of drug-likeness (QED) is 0.772. The molecule has 0 bridgehead atoms. The Bertz CT molecular complexity index is 1040. The van der Waals surface area contributed by atoms with E-state index in [4.69, 9.17) is 4.74 Å². The molecule has 3 unspecified atom stereocenters. The van der Waals surface area contributed by atoms with E-state index in [2.05, 4.69) is 0 Å². The Labute approximate surface area is 169 Å². The summed E-state index contributed by atoms with van der Waals surface area (Å²) in [6, 6.07) is 9.20. The third kappa shape index (κ3) is 4.87. The van der Waals surface area contributed by atoms with Crippen LogP contribution >= 0.6 is 0 Å². The van der Waals surface area contributed by atoms with Crippen molar-refractivity contribution >= 4 is 15.8 Å². The van der Waals surface area contributed by atoms with E-state index in [0.29, 0.717) is 30.7 Å². The summed E-state index contributed by atoms with van der Waals surface area (Å²) in [6.45, 7) is 2.02. The number of aromatic nitrogens is 1. The standard InChI is InChI=1S/C21H25NO6S/c1-3-14-12-15(21(24)25)4-9-19(14)28-17-10-11-22(20(23)13-17)16-5-7-18(8-6-16)29(2,26)27/h5-8,10-11,13-15,19H,3-4,9,12H2,1-2H3,(H,24,25). The zero-order chi connectivity index (χ0) is 21.2. The number of carboxylic acids is 1. The smallest absolute Gasteiger partial charge is 0.306 e. The lowest BCUT2D eigenvalue weighted by atomic mass is 9.78. The van der Waals surface area contributed by atoms with Crippen molar-refractivity contribution in [3.05, 3.63) is 52.9 Å². The minimum atomic E-state index is -3.30. The number of pyridine rings is 1. The maximum atomic E-state index is 12.5. The molecule has 0 radical (unpaired) electrons. The number of rotatable bonds is 6. The fraction of sp³-hybridized carbons (Fsp3) is 0.429. The van der Waals surface area contributed by atoms with Gasteiger partial charge in [0.05, 0.1) is 10.8 Å². The van der Waals surface area contributed by atoms with Gasteiger partial charge in [0.15, 0.2) is 9.84 Å². The molecule has 156 valence electrons. The third-order valence-corrected chi connectivity index (χ3v) is 6.64. The summed E-state index contributed by atoms with van der Waals surface area (Å²) in [5, 5.41) is 9.25. The van der Waals surface area contributed by atoms with E-state index in [1.54, 1.807) is 24.4 Å². The monoisotopic (exact) mass is 419 g/mol. The molecule has 1 fully saturated rings. The second kappa shape index (κ2) is 8.41. The van der Waals surface area contributed by atoms with E-state index < -0.39 is 15.8 Å². The molecule has 1 aromatic carbocycles. The van der Waals surface area contributed by atoms with E-state index in [0.717, 1.165) is 12.7 Å². The number of ether oxygens (including phenoxy) is 1. The van der Waals surface area contributed by atoms with Crippen LogP contribution in [0.15, 0.2) is 52.3 Å². The number of carboxylic acid groups (broad SMARTS) is 1. The van der Waals surface area contributed by atoms with Crippen molar-refractivity contribution in [1.82, 2.24) is 4.57 Å². The van der Waals surface area contributed by atoms with Gasteiger partial charge in [-0.1, -0.05) is 6.92 Å². The molecule has 1 aliphatic carbocycles. The summed E-state index contributed by atoms with van der Waals surface area (Å²) in [5.74, 6) is -0.499. The molecule has 2 aromatic rings. The SMILES string of the molecule is CCC1CC(C(=O)O)CCC1Oc1ccn(-c2ccc(S(C)(=O)=O)cc2)c(=O)c1. The van der Waals surface area contributed by atoms with Gasteiger partial charge in [-0.15, -0.1) is 0 Å². The lowest BCUT2D eigenvalue weighted by Gasteiger charge is -2.34. The highest BCUT2D eigenvalue weighted by atomic mass is 32.2. The van der Waals surface area contributed by atoms with Gasteiger partial charge >= 0.3 is 5.97 Å². The van der Waals surface area contributed by atoms with E-state index >= 15 is 0 Å². The van der Waals surface area contributed by atoms with Crippen molar-refractivity contribution in [2.24, 2.45) is 11.8 Å². The number of nitrogens with zero attached hydrogens (tertiary/aromatic N) is 1. The van der Waals surface area contributed by atoms with E-state index in [1.165, 1.54) is 22.8 Å². The Morgan fingerprint density at radius 2 is 1.90 bits per heavy atom. The zero-order valence-corrected chi connectivity index (χ0v) is 17.3. The van der Waals surface area contributed by atoms with Gasteiger partial charge in [-0.3, -0.25) is 14.2 Å². The van der Waals surface area contributed by atoms with Crippen LogP contribution in [0.25, 0.3) is 5.69 Å². The molecular weight excluding hydrogens is 394 g/mol. The summed E-state index contributed by atoms with van der Waals surface area (Å²) < 4.78 is 30.6. The second-order valence-corrected chi connectivity index (χ2v) is 9.53. The molecule has 8 heteroatoms.